The number of nitrogens with zero attached hydrogens (tertiary/aromatic N) is 1. The van der Waals surface area contributed by atoms with Crippen molar-refractivity contribution in [2.45, 2.75) is 6.92 Å². The van der Waals surface area contributed by atoms with Crippen LogP contribution in [-0.4, -0.2) is 51.1 Å². The third-order valence-electron chi connectivity index (χ3n) is 5.10. The number of pyridine rings is 2. The first-order chi connectivity index (χ1) is 15.6. The lowest BCUT2D eigenvalue weighted by atomic mass is 10.0. The number of fused-ring (bicyclic) bond motifs is 4. The first-order valence-corrected chi connectivity index (χ1v) is 11.3. The SMILES string of the molecule is COc1ccc2c(C)[n+]3ccc4cc(OC)c(OC)cc4c3cc2c1.O=C(O)CS(=O)(=O)O. The molecule has 0 unspecified atom stereocenters. The van der Waals surface area contributed by atoms with E-state index in [4.69, 9.17) is 23.9 Å². The second-order valence-electron chi connectivity index (χ2n) is 7.17. The molecule has 2 aromatic carbocycles. The Balaban J connectivity index is 0.000000331. The molecule has 0 aliphatic heterocycles. The summed E-state index contributed by atoms with van der Waals surface area (Å²) in [4.78, 5) is 9.48. The fraction of sp³-hybridized carbons (Fsp3) is 0.217. The van der Waals surface area contributed by atoms with Crippen molar-refractivity contribution in [3.63, 3.8) is 0 Å². The summed E-state index contributed by atoms with van der Waals surface area (Å²) in [5.74, 6) is -0.472. The second kappa shape index (κ2) is 9.47. The smallest absolute Gasteiger partial charge is 0.321 e. The van der Waals surface area contributed by atoms with Crippen molar-refractivity contribution >= 4 is 43.1 Å². The summed E-state index contributed by atoms with van der Waals surface area (Å²) < 4.78 is 45.5. The molecular weight excluding hydrogens is 450 g/mol. The van der Waals surface area contributed by atoms with Gasteiger partial charge in [0.15, 0.2) is 29.1 Å². The van der Waals surface area contributed by atoms with E-state index in [-0.39, 0.29) is 0 Å². The molecule has 0 aliphatic rings. The molecular formula is C23H24NO8S+. The first kappa shape index (κ1) is 24.0. The van der Waals surface area contributed by atoms with E-state index in [9.17, 15) is 13.2 Å². The minimum absolute atomic E-state index is 0.728. The maximum atomic E-state index is 9.62. The van der Waals surface area contributed by atoms with Gasteiger partial charge in [-0.15, -0.1) is 0 Å². The van der Waals surface area contributed by atoms with Gasteiger partial charge in [0, 0.05) is 24.4 Å². The highest BCUT2D eigenvalue weighted by atomic mass is 32.2. The molecule has 2 aromatic heterocycles. The van der Waals surface area contributed by atoms with E-state index in [2.05, 4.69) is 41.8 Å². The van der Waals surface area contributed by atoms with Gasteiger partial charge < -0.3 is 19.3 Å². The lowest BCUT2D eigenvalue weighted by Crippen LogP contribution is -2.25. The molecule has 174 valence electrons. The number of carboxylic acid groups (broad SMARTS) is 1. The van der Waals surface area contributed by atoms with Gasteiger partial charge in [-0.05, 0) is 41.1 Å². The topological polar surface area (TPSA) is 123 Å². The van der Waals surface area contributed by atoms with Crippen LogP contribution in [-0.2, 0) is 14.9 Å². The third-order valence-corrected chi connectivity index (χ3v) is 5.71. The Hall–Kier alpha value is -3.63. The minimum Gasteiger partial charge on any atom is -0.497 e. The maximum absolute atomic E-state index is 9.62. The molecule has 0 amide bonds. The summed E-state index contributed by atoms with van der Waals surface area (Å²) in [6.07, 6.45) is 2.10. The molecule has 4 aromatic rings. The summed E-state index contributed by atoms with van der Waals surface area (Å²) in [5, 5.41) is 12.3. The molecule has 0 aliphatic carbocycles. The molecule has 33 heavy (non-hydrogen) atoms. The van der Waals surface area contributed by atoms with E-state index in [0.717, 1.165) is 38.9 Å². The van der Waals surface area contributed by atoms with Gasteiger partial charge in [-0.3, -0.25) is 9.35 Å². The van der Waals surface area contributed by atoms with Crippen LogP contribution in [0.25, 0.3) is 27.1 Å². The average Bonchev–Trinajstić information content (AvgIpc) is 2.76. The first-order valence-electron chi connectivity index (χ1n) is 9.72. The Kier molecular flexibility index (Phi) is 6.89. The molecule has 0 spiro atoms. The molecule has 2 N–H and O–H groups in total. The van der Waals surface area contributed by atoms with Crippen LogP contribution in [0.1, 0.15) is 5.69 Å². The van der Waals surface area contributed by atoms with Crippen LogP contribution < -0.4 is 18.6 Å². The van der Waals surface area contributed by atoms with Crippen molar-refractivity contribution < 1.29 is 41.5 Å². The number of aromatic nitrogens is 1. The Labute approximate surface area is 190 Å². The molecule has 4 rings (SSSR count). The number of hydrogen-bond donors (Lipinski definition) is 2. The molecule has 0 radical (unpaired) electrons. The Morgan fingerprint density at radius 1 is 0.909 bits per heavy atom. The predicted molar refractivity (Wildman–Crippen MR) is 123 cm³/mol. The number of carboxylic acids is 1. The van der Waals surface area contributed by atoms with Gasteiger partial charge in [-0.25, -0.2) is 0 Å². The third kappa shape index (κ3) is 5.24. The lowest BCUT2D eigenvalue weighted by Gasteiger charge is -2.10. The van der Waals surface area contributed by atoms with Crippen molar-refractivity contribution in [3.05, 3.63) is 54.4 Å². The van der Waals surface area contributed by atoms with Gasteiger partial charge in [0.2, 0.25) is 5.52 Å². The fourth-order valence-corrected chi connectivity index (χ4v) is 3.92. The van der Waals surface area contributed by atoms with Crippen LogP contribution in [0.5, 0.6) is 17.2 Å². The van der Waals surface area contributed by atoms with Crippen LogP contribution in [0, 0.1) is 6.92 Å². The van der Waals surface area contributed by atoms with E-state index >= 15 is 0 Å². The van der Waals surface area contributed by atoms with E-state index in [1.807, 2.05) is 18.2 Å². The van der Waals surface area contributed by atoms with Gasteiger partial charge >= 0.3 is 5.97 Å². The highest BCUT2D eigenvalue weighted by Gasteiger charge is 2.17. The molecule has 0 saturated carbocycles. The zero-order valence-electron chi connectivity index (χ0n) is 18.5. The number of hydrogen-bond acceptors (Lipinski definition) is 6. The molecule has 0 bridgehead atoms. The van der Waals surface area contributed by atoms with Crippen LogP contribution in [0.4, 0.5) is 0 Å². The summed E-state index contributed by atoms with van der Waals surface area (Å²) in [5.41, 5.74) is 2.31. The van der Waals surface area contributed by atoms with Gasteiger partial charge in [0.05, 0.1) is 26.7 Å². The molecule has 2 heterocycles. The highest BCUT2D eigenvalue weighted by Crippen LogP contribution is 2.34. The second-order valence-corrected chi connectivity index (χ2v) is 8.62. The fourth-order valence-electron chi connectivity index (χ4n) is 3.61. The van der Waals surface area contributed by atoms with E-state index in [0.29, 0.717) is 0 Å². The molecule has 10 heteroatoms. The average molecular weight is 475 g/mol. The van der Waals surface area contributed by atoms with E-state index in [1.165, 1.54) is 11.1 Å². The van der Waals surface area contributed by atoms with Crippen molar-refractivity contribution in [1.29, 1.82) is 0 Å². The number of aliphatic carboxylic acids is 1. The van der Waals surface area contributed by atoms with Gasteiger partial charge in [0.1, 0.15) is 5.75 Å². The zero-order chi connectivity index (χ0) is 24.3. The Morgan fingerprint density at radius 3 is 2.12 bits per heavy atom. The van der Waals surface area contributed by atoms with E-state index < -0.39 is 21.8 Å². The van der Waals surface area contributed by atoms with Gasteiger partial charge in [0.25, 0.3) is 10.1 Å². The summed E-state index contributed by atoms with van der Waals surface area (Å²) >= 11 is 0. The monoisotopic (exact) mass is 474 g/mol. The largest absolute Gasteiger partial charge is 0.497 e. The summed E-state index contributed by atoms with van der Waals surface area (Å²) in [7, 11) is 0.684. The van der Waals surface area contributed by atoms with E-state index in [1.54, 1.807) is 21.3 Å². The number of ether oxygens (including phenoxy) is 3. The summed E-state index contributed by atoms with van der Waals surface area (Å²) in [6.45, 7) is 2.13. The standard InChI is InChI=1S/C21H20NO3.C2H4O5S/c1-13-17-6-5-16(23-2)9-15(17)10-19-18-12-21(25-4)20(24-3)11-14(18)7-8-22(13)19;3-2(4)1-8(5,6)7/h5-12H,1-4H3;1H2,(H,3,4)(H,5,6,7)/q+1;. The molecule has 0 saturated heterocycles. The lowest BCUT2D eigenvalue weighted by molar-refractivity contribution is -0.516. The normalized spacial score (nSPS) is 11.2. The number of carbonyl (C=O) groups is 1. The summed E-state index contributed by atoms with van der Waals surface area (Å²) in [6, 6.07) is 14.5. The predicted octanol–water partition coefficient (Wildman–Crippen LogP) is 3.02. The van der Waals surface area contributed by atoms with Crippen molar-refractivity contribution in [3.8, 4) is 17.2 Å². The Bertz CT molecular complexity index is 1460. The highest BCUT2D eigenvalue weighted by molar-refractivity contribution is 7.86. The molecule has 0 atom stereocenters. The molecule has 0 fully saturated rings. The quantitative estimate of drug-likeness (QED) is 0.196. The van der Waals surface area contributed by atoms with Crippen LogP contribution in [0.3, 0.4) is 0 Å². The number of benzene rings is 2. The molecule has 9 nitrogen and oxygen atoms in total. The number of methoxy groups -OCH3 is 3. The van der Waals surface area contributed by atoms with Crippen molar-refractivity contribution in [1.82, 2.24) is 0 Å². The maximum Gasteiger partial charge on any atom is 0.321 e. The zero-order valence-corrected chi connectivity index (χ0v) is 19.3. The van der Waals surface area contributed by atoms with Crippen LogP contribution >= 0.6 is 0 Å². The number of aryl methyl sites for hydroxylation is 1. The minimum atomic E-state index is -4.32. The van der Waals surface area contributed by atoms with Gasteiger partial charge in [-0.1, -0.05) is 0 Å². The van der Waals surface area contributed by atoms with Crippen LogP contribution in [0.2, 0.25) is 0 Å². The van der Waals surface area contributed by atoms with Gasteiger partial charge in [-0.2, -0.15) is 12.8 Å². The van der Waals surface area contributed by atoms with Crippen molar-refractivity contribution in [2.75, 3.05) is 27.1 Å². The van der Waals surface area contributed by atoms with Crippen molar-refractivity contribution in [2.24, 2.45) is 0 Å². The number of rotatable bonds is 5. The van der Waals surface area contributed by atoms with Crippen LogP contribution in [0.15, 0.2) is 48.7 Å². The Morgan fingerprint density at radius 2 is 1.58 bits per heavy atom.